The zero-order chi connectivity index (χ0) is 11.8. The number of aliphatic carboxylic acids is 1. The van der Waals surface area contributed by atoms with Gasteiger partial charge in [-0.2, -0.15) is 0 Å². The summed E-state index contributed by atoms with van der Waals surface area (Å²) in [7, 11) is 0. The number of carboxylic acids is 1. The van der Waals surface area contributed by atoms with Crippen molar-refractivity contribution in [2.24, 2.45) is 0 Å². The molecule has 17 heavy (non-hydrogen) atoms. The fourth-order valence-corrected chi connectivity index (χ4v) is 2.11. The van der Waals surface area contributed by atoms with Crippen molar-refractivity contribution < 1.29 is 9.90 Å². The Morgan fingerprint density at radius 1 is 1.24 bits per heavy atom. The number of benzene rings is 1. The molecule has 3 heteroatoms. The van der Waals surface area contributed by atoms with Crippen molar-refractivity contribution in [2.75, 3.05) is 5.32 Å². The quantitative estimate of drug-likeness (QED) is 0.772. The minimum absolute atomic E-state index is 0.351. The van der Waals surface area contributed by atoms with E-state index in [1.165, 1.54) is 0 Å². The molecule has 0 spiro atoms. The molecule has 0 radical (unpaired) electrons. The van der Waals surface area contributed by atoms with Gasteiger partial charge in [-0.25, -0.2) is 4.79 Å². The number of anilines is 1. The maximum Gasteiger partial charge on any atom is 0.335 e. The highest BCUT2D eigenvalue weighted by atomic mass is 16.4. The third kappa shape index (κ3) is 1.65. The van der Waals surface area contributed by atoms with Crippen molar-refractivity contribution in [3.63, 3.8) is 0 Å². The van der Waals surface area contributed by atoms with Crippen LogP contribution in [0.2, 0.25) is 0 Å². The van der Waals surface area contributed by atoms with Crippen LogP contribution in [-0.4, -0.2) is 11.1 Å². The summed E-state index contributed by atoms with van der Waals surface area (Å²) in [6.45, 7) is 0. The third-order valence-corrected chi connectivity index (χ3v) is 2.99. The topological polar surface area (TPSA) is 49.3 Å². The van der Waals surface area contributed by atoms with Gasteiger partial charge in [-0.1, -0.05) is 24.3 Å². The van der Waals surface area contributed by atoms with Gasteiger partial charge in [0.2, 0.25) is 0 Å². The van der Waals surface area contributed by atoms with Crippen molar-refractivity contribution >= 4 is 17.7 Å². The van der Waals surface area contributed by atoms with Crippen LogP contribution in [0, 0.1) is 0 Å². The number of allylic oxidation sites excluding steroid dienone is 2. The summed E-state index contributed by atoms with van der Waals surface area (Å²) < 4.78 is 0. The van der Waals surface area contributed by atoms with Crippen LogP contribution in [0.15, 0.2) is 53.3 Å². The molecule has 1 heterocycles. The second-order valence-corrected chi connectivity index (χ2v) is 4.11. The molecule has 0 fully saturated rings. The van der Waals surface area contributed by atoms with E-state index in [2.05, 4.69) is 11.4 Å². The Labute approximate surface area is 98.8 Å². The predicted molar refractivity (Wildman–Crippen MR) is 66.5 cm³/mol. The van der Waals surface area contributed by atoms with Gasteiger partial charge in [-0.15, -0.1) is 0 Å². The first-order valence-electron chi connectivity index (χ1n) is 5.46. The fourth-order valence-electron chi connectivity index (χ4n) is 2.11. The molecule has 0 aromatic heterocycles. The molecule has 3 nitrogen and oxygen atoms in total. The highest BCUT2D eigenvalue weighted by molar-refractivity contribution is 5.92. The Morgan fingerprint density at radius 2 is 2.06 bits per heavy atom. The molecule has 2 N–H and O–H groups in total. The molecule has 1 aliphatic carbocycles. The van der Waals surface area contributed by atoms with E-state index in [9.17, 15) is 4.79 Å². The molecule has 3 rings (SSSR count). The molecular formula is C14H11NO2. The molecule has 0 saturated carbocycles. The Morgan fingerprint density at radius 3 is 2.88 bits per heavy atom. The van der Waals surface area contributed by atoms with Gasteiger partial charge in [-0.05, 0) is 35.8 Å². The van der Waals surface area contributed by atoms with E-state index in [1.54, 1.807) is 12.2 Å². The van der Waals surface area contributed by atoms with Crippen LogP contribution in [0.25, 0.3) is 6.08 Å². The summed E-state index contributed by atoms with van der Waals surface area (Å²) >= 11 is 0. The van der Waals surface area contributed by atoms with Crippen LogP contribution >= 0.6 is 0 Å². The summed E-state index contributed by atoms with van der Waals surface area (Å²) in [5.41, 5.74) is 4.54. The van der Waals surface area contributed by atoms with Crippen molar-refractivity contribution in [1.29, 1.82) is 0 Å². The highest BCUT2D eigenvalue weighted by Gasteiger charge is 2.19. The van der Waals surface area contributed by atoms with E-state index in [4.69, 9.17) is 5.11 Å². The molecule has 1 aliphatic heterocycles. The number of carboxylic acid groups (broad SMARTS) is 1. The second-order valence-electron chi connectivity index (χ2n) is 4.11. The summed E-state index contributed by atoms with van der Waals surface area (Å²) in [6.07, 6.45) is 6.20. The Hall–Kier alpha value is -2.29. The summed E-state index contributed by atoms with van der Waals surface area (Å²) in [6, 6.07) is 7.99. The number of carbonyl (C=O) groups is 1. The Kier molecular flexibility index (Phi) is 2.11. The van der Waals surface area contributed by atoms with Crippen molar-refractivity contribution in [2.45, 2.75) is 6.42 Å². The average Bonchev–Trinajstić information content (AvgIpc) is 2.35. The van der Waals surface area contributed by atoms with Crippen LogP contribution < -0.4 is 5.32 Å². The minimum Gasteiger partial charge on any atom is -0.478 e. The number of nitrogens with one attached hydrogen (secondary N) is 1. The zero-order valence-electron chi connectivity index (χ0n) is 9.10. The Balaban J connectivity index is 2.04. The highest BCUT2D eigenvalue weighted by Crippen LogP contribution is 2.33. The number of fused-ring (bicyclic) bond motifs is 2. The first-order chi connectivity index (χ1) is 8.24. The van der Waals surface area contributed by atoms with E-state index >= 15 is 0 Å². The van der Waals surface area contributed by atoms with Crippen molar-refractivity contribution in [1.82, 2.24) is 0 Å². The molecule has 84 valence electrons. The molecule has 0 amide bonds. The first kappa shape index (κ1) is 9.90. The second kappa shape index (κ2) is 3.63. The minimum atomic E-state index is -0.878. The first-order valence-corrected chi connectivity index (χ1v) is 5.46. The van der Waals surface area contributed by atoms with E-state index in [-0.39, 0.29) is 0 Å². The van der Waals surface area contributed by atoms with Crippen LogP contribution in [0.3, 0.4) is 0 Å². The predicted octanol–water partition coefficient (Wildman–Crippen LogP) is 2.79. The van der Waals surface area contributed by atoms with Crippen LogP contribution in [0.1, 0.15) is 12.0 Å². The third-order valence-electron chi connectivity index (χ3n) is 2.99. The fraction of sp³-hybridized carbons (Fsp3) is 0.0714. The lowest BCUT2D eigenvalue weighted by atomic mass is 9.93. The molecule has 0 saturated heterocycles. The lowest BCUT2D eigenvalue weighted by molar-refractivity contribution is -0.132. The largest absolute Gasteiger partial charge is 0.478 e. The zero-order valence-corrected chi connectivity index (χ0v) is 9.10. The maximum absolute atomic E-state index is 10.9. The number of hydrogen-bond acceptors (Lipinski definition) is 2. The molecule has 0 bridgehead atoms. The number of rotatable bonds is 1. The van der Waals surface area contributed by atoms with Crippen molar-refractivity contribution in [3.05, 3.63) is 58.8 Å². The van der Waals surface area contributed by atoms with Crippen LogP contribution in [0.5, 0.6) is 0 Å². The SMILES string of the molecule is O=C(O)C1=CCC2=Cc3ccccc3NC2=C1. The average molecular weight is 225 g/mol. The summed E-state index contributed by atoms with van der Waals surface area (Å²) in [5, 5.41) is 12.2. The lowest BCUT2D eigenvalue weighted by Crippen LogP contribution is -2.13. The van der Waals surface area contributed by atoms with Gasteiger partial charge >= 0.3 is 5.97 Å². The smallest absolute Gasteiger partial charge is 0.335 e. The van der Waals surface area contributed by atoms with Gasteiger partial charge in [-0.3, -0.25) is 0 Å². The standard InChI is InChI=1S/C14H11NO2/c16-14(17)11-6-5-10-7-9-3-1-2-4-12(9)15-13(10)8-11/h1-4,6-8,15H,5H2,(H,16,17). The van der Waals surface area contributed by atoms with Gasteiger partial charge in [0.05, 0.1) is 5.57 Å². The van der Waals surface area contributed by atoms with Gasteiger partial charge in [0.1, 0.15) is 0 Å². The maximum atomic E-state index is 10.9. The van der Waals surface area contributed by atoms with Gasteiger partial charge in [0.15, 0.2) is 0 Å². The molecule has 2 aliphatic rings. The molecule has 1 aromatic carbocycles. The van der Waals surface area contributed by atoms with E-state index in [0.29, 0.717) is 12.0 Å². The molecule has 1 aromatic rings. The summed E-state index contributed by atoms with van der Waals surface area (Å²) in [5.74, 6) is -0.878. The molecular weight excluding hydrogens is 214 g/mol. The summed E-state index contributed by atoms with van der Waals surface area (Å²) in [4.78, 5) is 10.9. The van der Waals surface area contributed by atoms with E-state index in [1.807, 2.05) is 24.3 Å². The van der Waals surface area contributed by atoms with Crippen LogP contribution in [0.4, 0.5) is 5.69 Å². The normalized spacial score (nSPS) is 16.8. The van der Waals surface area contributed by atoms with E-state index < -0.39 is 5.97 Å². The number of para-hydroxylation sites is 1. The monoisotopic (exact) mass is 225 g/mol. The number of hydrogen-bond donors (Lipinski definition) is 2. The molecule has 0 unspecified atom stereocenters. The lowest BCUT2D eigenvalue weighted by Gasteiger charge is -2.23. The van der Waals surface area contributed by atoms with Gasteiger partial charge in [0, 0.05) is 11.4 Å². The van der Waals surface area contributed by atoms with Crippen LogP contribution in [-0.2, 0) is 4.79 Å². The van der Waals surface area contributed by atoms with E-state index in [0.717, 1.165) is 22.5 Å². The molecule has 0 atom stereocenters. The van der Waals surface area contributed by atoms with Gasteiger partial charge in [0.25, 0.3) is 0 Å². The van der Waals surface area contributed by atoms with Gasteiger partial charge < -0.3 is 10.4 Å². The Bertz CT molecular complexity index is 594. The van der Waals surface area contributed by atoms with Crippen molar-refractivity contribution in [3.8, 4) is 0 Å².